The normalized spacial score (nSPS) is 22.2. The summed E-state index contributed by atoms with van der Waals surface area (Å²) in [5, 5.41) is -1.39. The van der Waals surface area contributed by atoms with Crippen molar-refractivity contribution in [3.63, 3.8) is 0 Å². The van der Waals surface area contributed by atoms with Crippen molar-refractivity contribution in [2.75, 3.05) is 7.11 Å². The van der Waals surface area contributed by atoms with Gasteiger partial charge in [-0.25, -0.2) is 13.4 Å². The number of fused-ring (bicyclic) bond motifs is 1. The molecule has 7 nitrogen and oxygen atoms in total. The maximum atomic E-state index is 13.5. The largest absolute Gasteiger partial charge is 0.497 e. The molecule has 0 radical (unpaired) electrons. The Balaban J connectivity index is 1.38. The summed E-state index contributed by atoms with van der Waals surface area (Å²) >= 11 is 0.673. The number of methoxy groups -OCH3 is 1. The van der Waals surface area contributed by atoms with E-state index >= 15 is 0 Å². The molecule has 0 amide bonds. The van der Waals surface area contributed by atoms with Crippen LogP contribution in [0.4, 0.5) is 13.2 Å². The van der Waals surface area contributed by atoms with Gasteiger partial charge >= 0.3 is 6.18 Å². The van der Waals surface area contributed by atoms with Crippen molar-refractivity contribution in [3.05, 3.63) is 72.4 Å². The number of rotatable bonds is 8. The first-order valence-corrected chi connectivity index (χ1v) is 13.3. The Morgan fingerprint density at radius 2 is 1.72 bits per heavy atom. The van der Waals surface area contributed by atoms with Crippen molar-refractivity contribution < 1.29 is 35.8 Å². The lowest BCUT2D eigenvalue weighted by molar-refractivity contribution is -0.140. The van der Waals surface area contributed by atoms with Crippen molar-refractivity contribution in [2.45, 2.75) is 46.4 Å². The highest BCUT2D eigenvalue weighted by Gasteiger charge is 2.52. The van der Waals surface area contributed by atoms with Gasteiger partial charge < -0.3 is 14.2 Å². The van der Waals surface area contributed by atoms with Gasteiger partial charge in [-0.2, -0.15) is 17.9 Å². The summed E-state index contributed by atoms with van der Waals surface area (Å²) in [5.74, 6) is 0.699. The van der Waals surface area contributed by atoms with Crippen LogP contribution in [-0.4, -0.2) is 44.4 Å². The second kappa shape index (κ2) is 9.67. The van der Waals surface area contributed by atoms with Crippen LogP contribution in [0.15, 0.2) is 76.8 Å². The molecule has 190 valence electrons. The van der Waals surface area contributed by atoms with Crippen LogP contribution in [0.3, 0.4) is 0 Å². The summed E-state index contributed by atoms with van der Waals surface area (Å²) in [4.78, 5) is 3.83. The average molecular weight is 539 g/mol. The molecule has 0 bridgehead atoms. The SMILES string of the molecule is COc1ccc(-c2ccc(S(=O)(=O)NC(Sc3ncccc3C(F)(F)F)C3CC4OC4O3)cc2)cc1. The highest BCUT2D eigenvalue weighted by atomic mass is 32.2. The van der Waals surface area contributed by atoms with Gasteiger partial charge in [0.2, 0.25) is 10.0 Å². The van der Waals surface area contributed by atoms with E-state index in [1.807, 2.05) is 12.1 Å². The molecule has 2 aromatic carbocycles. The summed E-state index contributed by atoms with van der Waals surface area (Å²) < 4.78 is 85.6. The Kier molecular flexibility index (Phi) is 6.72. The number of hydrogen-bond acceptors (Lipinski definition) is 7. The second-order valence-corrected chi connectivity index (χ2v) is 11.1. The van der Waals surface area contributed by atoms with Crippen LogP contribution in [0.25, 0.3) is 11.1 Å². The van der Waals surface area contributed by atoms with Gasteiger partial charge in [0.05, 0.1) is 23.7 Å². The molecule has 2 aliphatic heterocycles. The maximum Gasteiger partial charge on any atom is 0.419 e. The quantitative estimate of drug-likeness (QED) is 0.253. The van der Waals surface area contributed by atoms with E-state index in [1.54, 1.807) is 31.4 Å². The lowest BCUT2D eigenvalue weighted by Crippen LogP contribution is -2.41. The zero-order chi connectivity index (χ0) is 25.5. The molecule has 0 aliphatic carbocycles. The fourth-order valence-corrected chi connectivity index (χ4v) is 6.55. The van der Waals surface area contributed by atoms with Gasteiger partial charge in [-0.3, -0.25) is 0 Å². The molecule has 4 atom stereocenters. The topological polar surface area (TPSA) is 90.1 Å². The van der Waals surface area contributed by atoms with Crippen LogP contribution in [0.1, 0.15) is 12.0 Å². The first kappa shape index (κ1) is 25.0. The summed E-state index contributed by atoms with van der Waals surface area (Å²) in [5.41, 5.74) is 0.721. The van der Waals surface area contributed by atoms with E-state index in [9.17, 15) is 21.6 Å². The van der Waals surface area contributed by atoms with Crippen LogP contribution in [-0.2, 0) is 25.7 Å². The molecule has 5 rings (SSSR count). The third-order valence-electron chi connectivity index (χ3n) is 5.82. The van der Waals surface area contributed by atoms with Crippen molar-refractivity contribution in [1.29, 1.82) is 0 Å². The Bertz CT molecular complexity index is 1330. The molecule has 36 heavy (non-hydrogen) atoms. The molecule has 2 saturated heterocycles. The summed E-state index contributed by atoms with van der Waals surface area (Å²) in [7, 11) is -2.53. The van der Waals surface area contributed by atoms with Gasteiger partial charge in [-0.05, 0) is 47.5 Å². The first-order valence-electron chi connectivity index (χ1n) is 10.9. The molecule has 3 heterocycles. The van der Waals surface area contributed by atoms with Crippen LogP contribution in [0.5, 0.6) is 5.75 Å². The number of nitrogens with one attached hydrogen (secondary N) is 1. The number of sulfonamides is 1. The number of alkyl halides is 3. The zero-order valence-corrected chi connectivity index (χ0v) is 20.4. The molecular formula is C24H21F3N2O5S2. The van der Waals surface area contributed by atoms with Crippen LogP contribution in [0, 0.1) is 0 Å². The lowest BCUT2D eigenvalue weighted by atomic mass is 10.1. The minimum Gasteiger partial charge on any atom is -0.497 e. The Labute approximate surface area is 210 Å². The highest BCUT2D eigenvalue weighted by molar-refractivity contribution is 8.00. The first-order chi connectivity index (χ1) is 17.1. The standard InChI is InChI=1S/C24H21F3N2O5S2/c1-32-16-8-4-14(5-9-16)15-6-10-17(11-7-15)36(30,31)29-22(19-13-20-23(33-19)34-20)35-21-18(24(25,26)27)3-2-12-28-21/h2-12,19-20,22-23,29H,13H2,1H3. The molecular weight excluding hydrogens is 517 g/mol. The molecule has 12 heteroatoms. The van der Waals surface area contributed by atoms with Crippen molar-refractivity contribution in [2.24, 2.45) is 0 Å². The monoisotopic (exact) mass is 538 g/mol. The minimum absolute atomic E-state index is 0.0261. The fourth-order valence-electron chi connectivity index (χ4n) is 3.89. The van der Waals surface area contributed by atoms with E-state index in [0.717, 1.165) is 17.2 Å². The summed E-state index contributed by atoms with van der Waals surface area (Å²) in [6, 6.07) is 15.6. The van der Waals surface area contributed by atoms with Crippen LogP contribution in [0.2, 0.25) is 0 Å². The Morgan fingerprint density at radius 3 is 2.31 bits per heavy atom. The number of aromatic nitrogens is 1. The number of hydrogen-bond donors (Lipinski definition) is 1. The van der Waals surface area contributed by atoms with Gasteiger partial charge in [0.25, 0.3) is 0 Å². The third kappa shape index (κ3) is 5.37. The Morgan fingerprint density at radius 1 is 1.06 bits per heavy atom. The van der Waals surface area contributed by atoms with E-state index in [0.29, 0.717) is 23.9 Å². The number of pyridine rings is 1. The van der Waals surface area contributed by atoms with Gasteiger partial charge in [0, 0.05) is 12.6 Å². The number of epoxide rings is 1. The number of benzene rings is 2. The van der Waals surface area contributed by atoms with E-state index < -0.39 is 39.5 Å². The molecule has 2 fully saturated rings. The van der Waals surface area contributed by atoms with Crippen molar-refractivity contribution in [1.82, 2.24) is 9.71 Å². The van der Waals surface area contributed by atoms with Gasteiger partial charge in [0.1, 0.15) is 22.3 Å². The molecule has 1 N–H and O–H groups in total. The number of nitrogens with zero attached hydrogens (tertiary/aromatic N) is 1. The van der Waals surface area contributed by atoms with E-state index in [-0.39, 0.29) is 16.0 Å². The molecule has 2 aliphatic rings. The fraction of sp³-hybridized carbons (Fsp3) is 0.292. The van der Waals surface area contributed by atoms with Crippen LogP contribution < -0.4 is 9.46 Å². The Hall–Kier alpha value is -2.64. The number of thioether (sulfide) groups is 1. The number of halogens is 3. The minimum atomic E-state index is -4.64. The lowest BCUT2D eigenvalue weighted by Gasteiger charge is -2.25. The van der Waals surface area contributed by atoms with Gasteiger partial charge in [0.15, 0.2) is 6.29 Å². The summed E-state index contributed by atoms with van der Waals surface area (Å²) in [6.07, 6.45) is -4.38. The predicted molar refractivity (Wildman–Crippen MR) is 126 cm³/mol. The molecule has 4 unspecified atom stereocenters. The second-order valence-electron chi connectivity index (χ2n) is 8.22. The van der Waals surface area contributed by atoms with E-state index in [4.69, 9.17) is 14.2 Å². The van der Waals surface area contributed by atoms with E-state index in [2.05, 4.69) is 9.71 Å². The predicted octanol–water partition coefficient (Wildman–Crippen LogP) is 4.69. The maximum absolute atomic E-state index is 13.5. The highest BCUT2D eigenvalue weighted by Crippen LogP contribution is 2.43. The summed E-state index contributed by atoms with van der Waals surface area (Å²) in [6.45, 7) is 0. The van der Waals surface area contributed by atoms with Crippen LogP contribution >= 0.6 is 11.8 Å². The van der Waals surface area contributed by atoms with Gasteiger partial charge in [-0.15, -0.1) is 0 Å². The van der Waals surface area contributed by atoms with Gasteiger partial charge in [-0.1, -0.05) is 36.0 Å². The smallest absolute Gasteiger partial charge is 0.419 e. The number of ether oxygens (including phenoxy) is 3. The molecule has 0 saturated carbocycles. The van der Waals surface area contributed by atoms with Crippen molar-refractivity contribution >= 4 is 21.8 Å². The molecule has 3 aromatic rings. The molecule has 1 aromatic heterocycles. The van der Waals surface area contributed by atoms with Crippen molar-refractivity contribution in [3.8, 4) is 16.9 Å². The van der Waals surface area contributed by atoms with E-state index in [1.165, 1.54) is 24.4 Å². The zero-order valence-electron chi connectivity index (χ0n) is 18.8. The average Bonchev–Trinajstić information content (AvgIpc) is 3.48. The molecule has 0 spiro atoms. The third-order valence-corrected chi connectivity index (χ3v) is 8.65.